The molecule has 2 fully saturated rings. The number of hydrogen-bond donors (Lipinski definition) is 4. The molecular formula is C35H33N7O7S2. The van der Waals surface area contributed by atoms with Gasteiger partial charge in [-0.25, -0.2) is 15.0 Å². The first kappa shape index (κ1) is 34.2. The van der Waals surface area contributed by atoms with Gasteiger partial charge in [-0.2, -0.15) is 0 Å². The van der Waals surface area contributed by atoms with Crippen LogP contribution in [-0.2, 0) is 19.2 Å². The van der Waals surface area contributed by atoms with E-state index in [0.29, 0.717) is 77.4 Å². The van der Waals surface area contributed by atoms with Crippen molar-refractivity contribution in [2.75, 3.05) is 23.7 Å². The SMILES string of the molecule is O=C(Nc1ccc(-c2cnc(-c3ccc(NC(=O)C4CCCN4C(=O)C(O)c4nccs4)cc3)o2)cc1)C1CCCN1C(=O)C(O)c1nccs1. The number of benzene rings is 2. The number of aliphatic hydroxyl groups excluding tert-OH is 2. The summed E-state index contributed by atoms with van der Waals surface area (Å²) >= 11 is 2.37. The molecule has 262 valence electrons. The second kappa shape index (κ2) is 14.9. The predicted molar refractivity (Wildman–Crippen MR) is 188 cm³/mol. The number of oxazole rings is 1. The maximum absolute atomic E-state index is 13.1. The Morgan fingerprint density at radius 3 is 1.63 bits per heavy atom. The zero-order valence-electron chi connectivity index (χ0n) is 27.0. The molecule has 14 nitrogen and oxygen atoms in total. The van der Waals surface area contributed by atoms with Crippen LogP contribution in [0.5, 0.6) is 0 Å². The summed E-state index contributed by atoms with van der Waals surface area (Å²) in [6.45, 7) is 0.760. The van der Waals surface area contributed by atoms with Crippen LogP contribution in [-0.4, -0.2) is 83.8 Å². The minimum atomic E-state index is -1.40. The second-order valence-electron chi connectivity index (χ2n) is 12.1. The fraction of sp³-hybridized carbons (Fsp3) is 0.286. The number of amides is 4. The highest BCUT2D eigenvalue weighted by atomic mass is 32.1. The minimum absolute atomic E-state index is 0.296. The molecule has 4 amide bonds. The van der Waals surface area contributed by atoms with Gasteiger partial charge in [-0.1, -0.05) is 0 Å². The number of carbonyl (C=O) groups excluding carboxylic acids is 4. The first-order valence-electron chi connectivity index (χ1n) is 16.3. The normalized spacial score (nSPS) is 18.4. The Morgan fingerprint density at radius 1 is 0.706 bits per heavy atom. The molecule has 5 aromatic rings. The van der Waals surface area contributed by atoms with E-state index < -0.39 is 36.1 Å². The fourth-order valence-electron chi connectivity index (χ4n) is 6.28. The van der Waals surface area contributed by atoms with Crippen molar-refractivity contribution < 1.29 is 33.8 Å². The zero-order valence-corrected chi connectivity index (χ0v) is 28.7. The Bertz CT molecular complexity index is 1860. The van der Waals surface area contributed by atoms with E-state index in [2.05, 4.69) is 25.6 Å². The number of thiazole rings is 2. The van der Waals surface area contributed by atoms with Crippen molar-refractivity contribution in [3.63, 3.8) is 0 Å². The first-order chi connectivity index (χ1) is 24.8. The van der Waals surface area contributed by atoms with Crippen molar-refractivity contribution in [3.05, 3.63) is 87.9 Å². The van der Waals surface area contributed by atoms with Crippen molar-refractivity contribution in [1.29, 1.82) is 0 Å². The van der Waals surface area contributed by atoms with E-state index >= 15 is 0 Å². The van der Waals surface area contributed by atoms with Crippen molar-refractivity contribution in [1.82, 2.24) is 24.8 Å². The number of aliphatic hydroxyl groups is 2. The van der Waals surface area contributed by atoms with Crippen LogP contribution in [0.3, 0.4) is 0 Å². The molecule has 4 N–H and O–H groups in total. The molecule has 4 unspecified atom stereocenters. The molecule has 5 heterocycles. The smallest absolute Gasteiger partial charge is 0.259 e. The Kier molecular flexibility index (Phi) is 9.99. The molecule has 7 rings (SSSR count). The second-order valence-corrected chi connectivity index (χ2v) is 13.9. The van der Waals surface area contributed by atoms with Gasteiger partial charge >= 0.3 is 0 Å². The average Bonchev–Trinajstić information content (AvgIpc) is 4.00. The van der Waals surface area contributed by atoms with E-state index in [4.69, 9.17) is 4.42 Å². The van der Waals surface area contributed by atoms with Gasteiger partial charge in [0.25, 0.3) is 11.8 Å². The van der Waals surface area contributed by atoms with Gasteiger partial charge in [0.1, 0.15) is 22.1 Å². The lowest BCUT2D eigenvalue weighted by molar-refractivity contribution is -0.144. The third-order valence-electron chi connectivity index (χ3n) is 8.86. The highest BCUT2D eigenvalue weighted by Crippen LogP contribution is 2.30. The molecule has 0 radical (unpaired) electrons. The van der Waals surface area contributed by atoms with Crippen molar-refractivity contribution in [2.24, 2.45) is 0 Å². The van der Waals surface area contributed by atoms with Gasteiger partial charge in [-0.3, -0.25) is 19.2 Å². The average molecular weight is 728 g/mol. The van der Waals surface area contributed by atoms with Gasteiger partial charge < -0.3 is 35.1 Å². The molecule has 51 heavy (non-hydrogen) atoms. The van der Waals surface area contributed by atoms with Crippen molar-refractivity contribution >= 4 is 57.7 Å². The molecule has 0 aliphatic carbocycles. The molecule has 2 aromatic carbocycles. The topological polar surface area (TPSA) is 191 Å². The van der Waals surface area contributed by atoms with Gasteiger partial charge in [-0.15, -0.1) is 22.7 Å². The Balaban J connectivity index is 0.940. The van der Waals surface area contributed by atoms with Crippen molar-refractivity contribution in [3.8, 4) is 22.8 Å². The Hall–Kier alpha value is -5.29. The lowest BCUT2D eigenvalue weighted by Gasteiger charge is -2.25. The third-order valence-corrected chi connectivity index (χ3v) is 10.5. The number of hydrogen-bond acceptors (Lipinski definition) is 12. The zero-order chi connectivity index (χ0) is 35.5. The summed E-state index contributed by atoms with van der Waals surface area (Å²) in [5.41, 5.74) is 2.49. The molecule has 2 aliphatic heterocycles. The van der Waals surface area contributed by atoms with Crippen LogP contribution in [0.2, 0.25) is 0 Å². The molecule has 3 aromatic heterocycles. The number of carbonyl (C=O) groups is 4. The molecule has 0 spiro atoms. The lowest BCUT2D eigenvalue weighted by atomic mass is 10.1. The highest BCUT2D eigenvalue weighted by Gasteiger charge is 2.39. The minimum Gasteiger partial charge on any atom is -0.436 e. The number of nitrogens with one attached hydrogen (secondary N) is 2. The molecule has 0 bridgehead atoms. The fourth-order valence-corrected chi connectivity index (χ4v) is 7.50. The van der Waals surface area contributed by atoms with Crippen LogP contribution in [0.15, 0.2) is 82.3 Å². The van der Waals surface area contributed by atoms with Crippen LogP contribution in [0.25, 0.3) is 22.8 Å². The summed E-state index contributed by atoms with van der Waals surface area (Å²) < 4.78 is 6.02. The summed E-state index contributed by atoms with van der Waals surface area (Å²) in [5, 5.41) is 30.6. The van der Waals surface area contributed by atoms with E-state index in [9.17, 15) is 29.4 Å². The summed E-state index contributed by atoms with van der Waals surface area (Å²) in [4.78, 5) is 67.4. The maximum atomic E-state index is 13.1. The van der Waals surface area contributed by atoms with Crippen LogP contribution < -0.4 is 10.6 Å². The van der Waals surface area contributed by atoms with Crippen LogP contribution in [0.4, 0.5) is 11.4 Å². The predicted octanol–water partition coefficient (Wildman–Crippen LogP) is 4.25. The molecule has 2 aliphatic rings. The van der Waals surface area contributed by atoms with E-state index in [0.717, 1.165) is 5.56 Å². The largest absolute Gasteiger partial charge is 0.436 e. The summed E-state index contributed by atoms with van der Waals surface area (Å²) in [5.74, 6) is -0.860. The van der Waals surface area contributed by atoms with E-state index in [-0.39, 0.29) is 11.8 Å². The van der Waals surface area contributed by atoms with E-state index in [1.54, 1.807) is 65.5 Å². The maximum Gasteiger partial charge on any atom is 0.259 e. The molecular weight excluding hydrogens is 695 g/mol. The number of aromatic nitrogens is 3. The van der Waals surface area contributed by atoms with E-state index in [1.807, 2.05) is 0 Å². The Labute approximate surface area is 299 Å². The monoisotopic (exact) mass is 727 g/mol. The van der Waals surface area contributed by atoms with Gasteiger partial charge in [-0.05, 0) is 74.2 Å². The first-order valence-corrected chi connectivity index (χ1v) is 18.1. The number of rotatable bonds is 10. The Morgan fingerprint density at radius 2 is 1.18 bits per heavy atom. The van der Waals surface area contributed by atoms with Crippen LogP contribution >= 0.6 is 22.7 Å². The molecule has 0 saturated carbocycles. The summed E-state index contributed by atoms with van der Waals surface area (Å²) in [7, 11) is 0. The quantitative estimate of drug-likeness (QED) is 0.162. The van der Waals surface area contributed by atoms with Gasteiger partial charge in [0.05, 0.1) is 6.20 Å². The number of anilines is 2. The molecule has 4 atom stereocenters. The van der Waals surface area contributed by atoms with Gasteiger partial charge in [0, 0.05) is 58.7 Å². The van der Waals surface area contributed by atoms with Crippen molar-refractivity contribution in [2.45, 2.75) is 50.0 Å². The van der Waals surface area contributed by atoms with E-state index in [1.165, 1.54) is 44.9 Å². The highest BCUT2D eigenvalue weighted by molar-refractivity contribution is 7.10. The number of nitrogens with zero attached hydrogens (tertiary/aromatic N) is 5. The number of likely N-dealkylation sites (tertiary alicyclic amines) is 2. The molecule has 16 heteroatoms. The van der Waals surface area contributed by atoms with Gasteiger partial charge in [0.15, 0.2) is 18.0 Å². The van der Waals surface area contributed by atoms with Crippen LogP contribution in [0.1, 0.15) is 47.9 Å². The molecule has 2 saturated heterocycles. The van der Waals surface area contributed by atoms with Crippen LogP contribution in [0, 0.1) is 0 Å². The third kappa shape index (κ3) is 7.30. The summed E-state index contributed by atoms with van der Waals surface area (Å²) in [6, 6.07) is 12.6. The summed E-state index contributed by atoms with van der Waals surface area (Å²) in [6.07, 6.45) is 4.13. The lowest BCUT2D eigenvalue weighted by Crippen LogP contribution is -2.45. The standard InChI is InChI=1S/C35H33N7O7S2/c43-27(32-36-13-17-50-32)34(47)41-15-1-3-24(41)29(45)39-22-9-5-20(6-10-22)26-19-38-31(49-26)21-7-11-23(12-8-21)40-30(46)25-4-2-16-42(25)35(48)28(44)33-37-14-18-51-33/h5-14,17-19,24-25,27-28,43-44H,1-4,15-16H2,(H,39,45)(H,40,46). The van der Waals surface area contributed by atoms with Gasteiger partial charge in [0.2, 0.25) is 17.7 Å².